The number of amides is 1. The molecule has 4 heteroatoms. The molecule has 0 aromatic carbocycles. The average Bonchev–Trinajstić information content (AvgIpc) is 2.96. The van der Waals surface area contributed by atoms with Gasteiger partial charge in [0.2, 0.25) is 5.91 Å². The number of ether oxygens (including phenoxy) is 1. The molecule has 2 aliphatic rings. The second-order valence-electron chi connectivity index (χ2n) is 5.34. The van der Waals surface area contributed by atoms with Crippen molar-refractivity contribution in [3.8, 4) is 11.8 Å². The summed E-state index contributed by atoms with van der Waals surface area (Å²) in [4.78, 5) is 22.2. The fourth-order valence-corrected chi connectivity index (χ4v) is 2.88. The van der Waals surface area contributed by atoms with E-state index in [1.165, 1.54) is 6.92 Å². The van der Waals surface area contributed by atoms with Crippen molar-refractivity contribution in [2.75, 3.05) is 13.2 Å². The summed E-state index contributed by atoms with van der Waals surface area (Å²) in [5.41, 5.74) is 0. The SMILES string of the molecule is CC(=O)NCCC(=O)OCC1C2CCC#CCCC21. The van der Waals surface area contributed by atoms with E-state index < -0.39 is 0 Å². The van der Waals surface area contributed by atoms with E-state index in [0.717, 1.165) is 25.7 Å². The maximum absolute atomic E-state index is 11.5. The molecular formula is C15H21NO3. The first-order chi connectivity index (χ1) is 9.18. The van der Waals surface area contributed by atoms with E-state index in [-0.39, 0.29) is 18.3 Å². The van der Waals surface area contributed by atoms with Gasteiger partial charge in [-0.2, -0.15) is 0 Å². The maximum Gasteiger partial charge on any atom is 0.307 e. The number of rotatable bonds is 5. The monoisotopic (exact) mass is 263 g/mol. The number of carbonyl (C=O) groups excluding carboxylic acids is 2. The summed E-state index contributed by atoms with van der Waals surface area (Å²) in [6.45, 7) is 2.34. The molecule has 2 atom stereocenters. The van der Waals surface area contributed by atoms with Crippen molar-refractivity contribution in [2.45, 2.75) is 39.0 Å². The normalized spacial score (nSPS) is 27.9. The van der Waals surface area contributed by atoms with Crippen LogP contribution >= 0.6 is 0 Å². The molecule has 2 rings (SSSR count). The minimum Gasteiger partial charge on any atom is -0.465 e. The van der Waals surface area contributed by atoms with E-state index in [9.17, 15) is 9.59 Å². The summed E-state index contributed by atoms with van der Waals surface area (Å²) >= 11 is 0. The fraction of sp³-hybridized carbons (Fsp3) is 0.733. The first-order valence-corrected chi connectivity index (χ1v) is 7.04. The van der Waals surface area contributed by atoms with Gasteiger partial charge in [0, 0.05) is 26.3 Å². The molecule has 1 N–H and O–H groups in total. The standard InChI is InChI=1S/C15H21NO3/c1-11(17)16-9-8-15(18)19-10-14-12-6-4-2-3-5-7-13(12)14/h12-14H,4-10H2,1H3,(H,16,17). The number of nitrogens with one attached hydrogen (secondary N) is 1. The first kappa shape index (κ1) is 13.9. The average molecular weight is 263 g/mol. The molecule has 0 aromatic heterocycles. The van der Waals surface area contributed by atoms with Crippen LogP contribution in [0.15, 0.2) is 0 Å². The molecule has 0 bridgehead atoms. The topological polar surface area (TPSA) is 55.4 Å². The molecule has 2 aliphatic carbocycles. The molecule has 0 aliphatic heterocycles. The Morgan fingerprint density at radius 3 is 2.42 bits per heavy atom. The first-order valence-electron chi connectivity index (χ1n) is 7.04. The van der Waals surface area contributed by atoms with E-state index in [1.807, 2.05) is 0 Å². The summed E-state index contributed by atoms with van der Waals surface area (Å²) in [5.74, 6) is 7.95. The Labute approximate surface area is 114 Å². The predicted octanol–water partition coefficient (Wildman–Crippen LogP) is 1.50. The van der Waals surface area contributed by atoms with E-state index in [2.05, 4.69) is 17.2 Å². The highest BCUT2D eigenvalue weighted by Gasteiger charge is 2.49. The van der Waals surface area contributed by atoms with Crippen molar-refractivity contribution in [3.05, 3.63) is 0 Å². The van der Waals surface area contributed by atoms with Gasteiger partial charge in [0.15, 0.2) is 0 Å². The molecule has 0 spiro atoms. The van der Waals surface area contributed by atoms with Gasteiger partial charge in [-0.3, -0.25) is 9.59 Å². The summed E-state index contributed by atoms with van der Waals surface area (Å²) < 4.78 is 5.29. The molecule has 1 amide bonds. The van der Waals surface area contributed by atoms with Crippen LogP contribution in [0.3, 0.4) is 0 Å². The van der Waals surface area contributed by atoms with Crippen LogP contribution in [-0.4, -0.2) is 25.0 Å². The molecule has 104 valence electrons. The van der Waals surface area contributed by atoms with Gasteiger partial charge in [-0.25, -0.2) is 0 Å². The van der Waals surface area contributed by atoms with Crippen molar-refractivity contribution >= 4 is 11.9 Å². The highest BCUT2D eigenvalue weighted by Crippen LogP contribution is 2.52. The van der Waals surface area contributed by atoms with Gasteiger partial charge < -0.3 is 10.1 Å². The Bertz CT molecular complexity index is 389. The predicted molar refractivity (Wildman–Crippen MR) is 71.0 cm³/mol. The van der Waals surface area contributed by atoms with E-state index >= 15 is 0 Å². The van der Waals surface area contributed by atoms with Crippen LogP contribution in [0.2, 0.25) is 0 Å². The van der Waals surface area contributed by atoms with Gasteiger partial charge in [-0.05, 0) is 30.6 Å². The highest BCUT2D eigenvalue weighted by atomic mass is 16.5. The molecule has 4 nitrogen and oxygen atoms in total. The Hall–Kier alpha value is -1.50. The Morgan fingerprint density at radius 1 is 1.21 bits per heavy atom. The van der Waals surface area contributed by atoms with Crippen LogP contribution < -0.4 is 5.32 Å². The number of fused-ring (bicyclic) bond motifs is 1. The van der Waals surface area contributed by atoms with Crippen LogP contribution in [0.25, 0.3) is 0 Å². The Balaban J connectivity index is 1.61. The molecule has 0 saturated heterocycles. The third-order valence-electron chi connectivity index (χ3n) is 3.98. The smallest absolute Gasteiger partial charge is 0.307 e. The second-order valence-corrected chi connectivity index (χ2v) is 5.34. The second kappa shape index (κ2) is 6.60. The van der Waals surface area contributed by atoms with Gasteiger partial charge in [0.1, 0.15) is 0 Å². The van der Waals surface area contributed by atoms with Crippen LogP contribution in [-0.2, 0) is 14.3 Å². The van der Waals surface area contributed by atoms with Crippen molar-refractivity contribution in [2.24, 2.45) is 17.8 Å². The van der Waals surface area contributed by atoms with Gasteiger partial charge in [0.05, 0.1) is 13.0 Å². The van der Waals surface area contributed by atoms with Gasteiger partial charge >= 0.3 is 5.97 Å². The Morgan fingerprint density at radius 2 is 1.84 bits per heavy atom. The van der Waals surface area contributed by atoms with Crippen LogP contribution in [0.5, 0.6) is 0 Å². The molecule has 19 heavy (non-hydrogen) atoms. The highest BCUT2D eigenvalue weighted by molar-refractivity contribution is 5.74. The minimum atomic E-state index is -0.218. The fourth-order valence-electron chi connectivity index (χ4n) is 2.88. The van der Waals surface area contributed by atoms with E-state index in [4.69, 9.17) is 4.74 Å². The molecule has 1 fully saturated rings. The van der Waals surface area contributed by atoms with Gasteiger partial charge in [-0.15, -0.1) is 11.8 Å². The molecule has 0 radical (unpaired) electrons. The zero-order valence-electron chi connectivity index (χ0n) is 11.4. The van der Waals surface area contributed by atoms with Gasteiger partial charge in [0.25, 0.3) is 0 Å². The lowest BCUT2D eigenvalue weighted by Gasteiger charge is -2.05. The number of carbonyl (C=O) groups is 2. The third kappa shape index (κ3) is 4.27. The number of hydrogen-bond donors (Lipinski definition) is 1. The summed E-state index contributed by atoms with van der Waals surface area (Å²) in [7, 11) is 0. The van der Waals surface area contributed by atoms with Gasteiger partial charge in [-0.1, -0.05) is 0 Å². The quantitative estimate of drug-likeness (QED) is 0.604. The van der Waals surface area contributed by atoms with Crippen LogP contribution in [0.4, 0.5) is 0 Å². The molecule has 0 aromatic rings. The maximum atomic E-state index is 11.5. The van der Waals surface area contributed by atoms with Crippen LogP contribution in [0, 0.1) is 29.6 Å². The number of esters is 1. The summed E-state index contributed by atoms with van der Waals surface area (Å²) in [6.07, 6.45) is 4.50. The summed E-state index contributed by atoms with van der Waals surface area (Å²) in [5, 5.41) is 2.59. The minimum absolute atomic E-state index is 0.117. The molecule has 1 saturated carbocycles. The van der Waals surface area contributed by atoms with Crippen molar-refractivity contribution in [3.63, 3.8) is 0 Å². The van der Waals surface area contributed by atoms with Crippen molar-refractivity contribution < 1.29 is 14.3 Å². The largest absolute Gasteiger partial charge is 0.465 e. The van der Waals surface area contributed by atoms with Crippen molar-refractivity contribution in [1.82, 2.24) is 5.32 Å². The van der Waals surface area contributed by atoms with Crippen LogP contribution in [0.1, 0.15) is 39.0 Å². The molecular weight excluding hydrogens is 242 g/mol. The molecule has 2 unspecified atom stereocenters. The lowest BCUT2D eigenvalue weighted by atomic mass is 10.1. The third-order valence-corrected chi connectivity index (χ3v) is 3.98. The van der Waals surface area contributed by atoms with Crippen molar-refractivity contribution in [1.29, 1.82) is 0 Å². The Kier molecular flexibility index (Phi) is 4.84. The lowest BCUT2D eigenvalue weighted by molar-refractivity contribution is -0.144. The zero-order valence-corrected chi connectivity index (χ0v) is 11.4. The lowest BCUT2D eigenvalue weighted by Crippen LogP contribution is -2.24. The zero-order chi connectivity index (χ0) is 13.7. The number of hydrogen-bond acceptors (Lipinski definition) is 3. The molecule has 0 heterocycles. The summed E-state index contributed by atoms with van der Waals surface area (Å²) in [6, 6.07) is 0. The van der Waals surface area contributed by atoms with E-state index in [1.54, 1.807) is 0 Å². The van der Waals surface area contributed by atoms with E-state index in [0.29, 0.717) is 30.9 Å².